The zero-order valence-corrected chi connectivity index (χ0v) is 12.6. The van der Waals surface area contributed by atoms with Crippen molar-refractivity contribution in [3.63, 3.8) is 0 Å². The second-order valence-corrected chi connectivity index (χ2v) is 7.37. The summed E-state index contributed by atoms with van der Waals surface area (Å²) in [6, 6.07) is 2.76. The van der Waals surface area contributed by atoms with Crippen LogP contribution < -0.4 is 4.72 Å². The van der Waals surface area contributed by atoms with Crippen molar-refractivity contribution in [2.45, 2.75) is 37.3 Å². The highest BCUT2D eigenvalue weighted by molar-refractivity contribution is 7.89. The molecule has 1 aliphatic rings. The molecular weight excluding hydrogens is 288 g/mol. The first kappa shape index (κ1) is 14.7. The van der Waals surface area contributed by atoms with Crippen LogP contribution in [0.1, 0.15) is 20.3 Å². The summed E-state index contributed by atoms with van der Waals surface area (Å²) in [6.07, 6.45) is 2.00. The molecular formula is C12H17ClN2O3S. The lowest BCUT2D eigenvalue weighted by Gasteiger charge is -2.50. The highest BCUT2D eigenvalue weighted by atomic mass is 35.5. The van der Waals surface area contributed by atoms with E-state index >= 15 is 0 Å². The standard InChI is InChI=1S/C12H17ClN2O3S/c1-12(2)9(6-10(12)18-3)15-19(16,17)8-4-5-11(13)14-7-8/h4-5,7,9-10,15H,6H2,1-3H3. The normalized spacial score (nSPS) is 25.9. The van der Waals surface area contributed by atoms with Crippen LogP contribution in [-0.4, -0.2) is 32.7 Å². The molecule has 19 heavy (non-hydrogen) atoms. The Morgan fingerprint density at radius 3 is 2.63 bits per heavy atom. The summed E-state index contributed by atoms with van der Waals surface area (Å²) in [4.78, 5) is 3.90. The van der Waals surface area contributed by atoms with E-state index in [-0.39, 0.29) is 27.6 Å². The van der Waals surface area contributed by atoms with Crippen molar-refractivity contribution in [3.8, 4) is 0 Å². The van der Waals surface area contributed by atoms with Crippen LogP contribution in [-0.2, 0) is 14.8 Å². The van der Waals surface area contributed by atoms with Gasteiger partial charge in [0.15, 0.2) is 0 Å². The van der Waals surface area contributed by atoms with Crippen LogP contribution in [0.3, 0.4) is 0 Å². The Morgan fingerprint density at radius 2 is 2.16 bits per heavy atom. The number of hydrogen-bond acceptors (Lipinski definition) is 4. The monoisotopic (exact) mass is 304 g/mol. The third-order valence-electron chi connectivity index (χ3n) is 3.77. The third kappa shape index (κ3) is 2.76. The summed E-state index contributed by atoms with van der Waals surface area (Å²) < 4.78 is 32.4. The van der Waals surface area contributed by atoms with Gasteiger partial charge in [-0.05, 0) is 18.6 Å². The number of nitrogens with one attached hydrogen (secondary N) is 1. The molecule has 1 fully saturated rings. The molecule has 0 saturated heterocycles. The minimum Gasteiger partial charge on any atom is -0.381 e. The zero-order valence-electron chi connectivity index (χ0n) is 11.1. The summed E-state index contributed by atoms with van der Waals surface area (Å²) >= 11 is 5.65. The number of nitrogens with zero attached hydrogens (tertiary/aromatic N) is 1. The fourth-order valence-electron chi connectivity index (χ4n) is 2.26. The molecule has 2 rings (SSSR count). The van der Waals surface area contributed by atoms with Crippen molar-refractivity contribution in [3.05, 3.63) is 23.5 Å². The molecule has 1 N–H and O–H groups in total. The predicted octanol–water partition coefficient (Wildman–Crippen LogP) is 1.83. The number of aromatic nitrogens is 1. The SMILES string of the molecule is COC1CC(NS(=O)(=O)c2ccc(Cl)nc2)C1(C)C. The minimum atomic E-state index is -3.57. The maximum atomic E-state index is 12.2. The highest BCUT2D eigenvalue weighted by Crippen LogP contribution is 2.42. The molecule has 1 aromatic rings. The number of pyridine rings is 1. The van der Waals surface area contributed by atoms with E-state index in [1.165, 1.54) is 18.3 Å². The van der Waals surface area contributed by atoms with E-state index < -0.39 is 10.0 Å². The van der Waals surface area contributed by atoms with Crippen LogP contribution in [0.15, 0.2) is 23.2 Å². The van der Waals surface area contributed by atoms with E-state index in [9.17, 15) is 8.42 Å². The van der Waals surface area contributed by atoms with Crippen molar-refractivity contribution in [2.24, 2.45) is 5.41 Å². The largest absolute Gasteiger partial charge is 0.381 e. The fourth-order valence-corrected chi connectivity index (χ4v) is 3.72. The van der Waals surface area contributed by atoms with Gasteiger partial charge in [-0.2, -0.15) is 0 Å². The van der Waals surface area contributed by atoms with Crippen LogP contribution in [0.2, 0.25) is 5.15 Å². The van der Waals surface area contributed by atoms with Crippen molar-refractivity contribution in [1.29, 1.82) is 0 Å². The van der Waals surface area contributed by atoms with Gasteiger partial charge in [-0.25, -0.2) is 18.1 Å². The van der Waals surface area contributed by atoms with Gasteiger partial charge in [0.25, 0.3) is 0 Å². The maximum absolute atomic E-state index is 12.2. The number of ether oxygens (including phenoxy) is 1. The van der Waals surface area contributed by atoms with Gasteiger partial charge in [-0.3, -0.25) is 0 Å². The first-order valence-electron chi connectivity index (χ1n) is 5.94. The van der Waals surface area contributed by atoms with Gasteiger partial charge in [0, 0.05) is 24.8 Å². The van der Waals surface area contributed by atoms with Gasteiger partial charge < -0.3 is 4.74 Å². The molecule has 106 valence electrons. The molecule has 0 bridgehead atoms. The Kier molecular flexibility index (Phi) is 3.88. The molecule has 0 aliphatic heterocycles. The number of methoxy groups -OCH3 is 1. The average Bonchev–Trinajstić information content (AvgIpc) is 2.34. The Balaban J connectivity index is 2.13. The van der Waals surface area contributed by atoms with E-state index in [2.05, 4.69) is 9.71 Å². The molecule has 2 atom stereocenters. The Labute approximate surface area is 118 Å². The summed E-state index contributed by atoms with van der Waals surface area (Å²) in [7, 11) is -1.93. The molecule has 1 aliphatic carbocycles. The molecule has 0 spiro atoms. The topological polar surface area (TPSA) is 68.3 Å². The van der Waals surface area contributed by atoms with Crippen molar-refractivity contribution in [1.82, 2.24) is 9.71 Å². The summed E-state index contributed by atoms with van der Waals surface area (Å²) in [5.74, 6) is 0. The van der Waals surface area contributed by atoms with Crippen molar-refractivity contribution < 1.29 is 13.2 Å². The lowest BCUT2D eigenvalue weighted by Crippen LogP contribution is -2.61. The van der Waals surface area contributed by atoms with Crippen LogP contribution in [0.5, 0.6) is 0 Å². The van der Waals surface area contributed by atoms with Crippen LogP contribution >= 0.6 is 11.6 Å². The minimum absolute atomic E-state index is 0.0727. The van der Waals surface area contributed by atoms with E-state index in [1.807, 2.05) is 13.8 Å². The summed E-state index contributed by atoms with van der Waals surface area (Å²) in [5, 5.41) is 0.266. The Bertz CT molecular complexity index is 557. The van der Waals surface area contributed by atoms with Gasteiger partial charge in [-0.1, -0.05) is 25.4 Å². The second-order valence-electron chi connectivity index (χ2n) is 5.27. The molecule has 1 heterocycles. The van der Waals surface area contributed by atoms with Gasteiger partial charge in [0.2, 0.25) is 10.0 Å². The van der Waals surface area contributed by atoms with Gasteiger partial charge in [-0.15, -0.1) is 0 Å². The van der Waals surface area contributed by atoms with Crippen molar-refractivity contribution in [2.75, 3.05) is 7.11 Å². The van der Waals surface area contributed by atoms with Crippen LogP contribution in [0, 0.1) is 5.41 Å². The molecule has 2 unspecified atom stereocenters. The van der Waals surface area contributed by atoms with E-state index in [0.717, 1.165) is 0 Å². The lowest BCUT2D eigenvalue weighted by atomic mass is 9.65. The number of rotatable bonds is 4. The van der Waals surface area contributed by atoms with E-state index in [4.69, 9.17) is 16.3 Å². The highest BCUT2D eigenvalue weighted by Gasteiger charge is 2.50. The first-order chi connectivity index (χ1) is 8.77. The molecule has 1 aromatic heterocycles. The molecule has 1 saturated carbocycles. The summed E-state index contributed by atoms with van der Waals surface area (Å²) in [6.45, 7) is 3.97. The summed E-state index contributed by atoms with van der Waals surface area (Å²) in [5.41, 5.74) is -0.221. The number of sulfonamides is 1. The van der Waals surface area contributed by atoms with E-state index in [0.29, 0.717) is 6.42 Å². The molecule has 5 nitrogen and oxygen atoms in total. The maximum Gasteiger partial charge on any atom is 0.242 e. The third-order valence-corrected chi connectivity index (χ3v) is 5.45. The molecule has 0 amide bonds. The van der Waals surface area contributed by atoms with Gasteiger partial charge in [0.05, 0.1) is 6.10 Å². The Hall–Kier alpha value is -0.690. The second kappa shape index (κ2) is 5.01. The molecule has 0 radical (unpaired) electrons. The molecule has 7 heteroatoms. The quantitative estimate of drug-likeness (QED) is 0.862. The number of hydrogen-bond donors (Lipinski definition) is 1. The van der Waals surface area contributed by atoms with Gasteiger partial charge in [0.1, 0.15) is 10.0 Å². The zero-order chi connectivity index (χ0) is 14.3. The lowest BCUT2D eigenvalue weighted by molar-refractivity contribution is -0.0908. The smallest absolute Gasteiger partial charge is 0.242 e. The molecule has 0 aromatic carbocycles. The first-order valence-corrected chi connectivity index (χ1v) is 7.80. The average molecular weight is 305 g/mol. The predicted molar refractivity (Wildman–Crippen MR) is 72.6 cm³/mol. The van der Waals surface area contributed by atoms with Crippen LogP contribution in [0.25, 0.3) is 0 Å². The fraction of sp³-hybridized carbons (Fsp3) is 0.583. The Morgan fingerprint density at radius 1 is 1.47 bits per heavy atom. The van der Waals surface area contributed by atoms with E-state index in [1.54, 1.807) is 7.11 Å². The van der Waals surface area contributed by atoms with Gasteiger partial charge >= 0.3 is 0 Å². The van der Waals surface area contributed by atoms with Crippen LogP contribution in [0.4, 0.5) is 0 Å². The number of halogens is 1. The van der Waals surface area contributed by atoms with Crippen molar-refractivity contribution >= 4 is 21.6 Å².